The normalized spacial score (nSPS) is 10.3. The highest BCUT2D eigenvalue weighted by Gasteiger charge is 2.27. The van der Waals surface area contributed by atoms with E-state index in [4.69, 9.17) is 0 Å². The minimum atomic E-state index is -0.774. The number of nitrogens with zero attached hydrogens (tertiary/aromatic N) is 3. The number of nitro benzene ring substituents is 2. The molecule has 3 aromatic rings. The zero-order valence-corrected chi connectivity index (χ0v) is 15.3. The number of hydrogen-bond acceptors (Lipinski definition) is 5. The van der Waals surface area contributed by atoms with Crippen LogP contribution in [0.4, 0.5) is 11.4 Å². The Labute approximate surface area is 166 Å². The molecule has 0 spiro atoms. The van der Waals surface area contributed by atoms with Crippen molar-refractivity contribution in [2.75, 3.05) is 0 Å². The van der Waals surface area contributed by atoms with Crippen LogP contribution in [-0.4, -0.2) is 20.7 Å². The number of rotatable bonds is 7. The van der Waals surface area contributed by atoms with Crippen molar-refractivity contribution in [3.63, 3.8) is 0 Å². The van der Waals surface area contributed by atoms with Crippen molar-refractivity contribution < 1.29 is 14.6 Å². The zero-order chi connectivity index (χ0) is 20.8. The predicted molar refractivity (Wildman–Crippen MR) is 106 cm³/mol. The number of hydrogen-bond donors (Lipinski definition) is 0. The molecule has 0 aromatic heterocycles. The lowest BCUT2D eigenvalue weighted by molar-refractivity contribution is -0.394. The van der Waals surface area contributed by atoms with Gasteiger partial charge in [-0.2, -0.15) is 0 Å². The Morgan fingerprint density at radius 3 is 1.72 bits per heavy atom. The van der Waals surface area contributed by atoms with Crippen molar-refractivity contribution >= 4 is 17.3 Å². The van der Waals surface area contributed by atoms with Gasteiger partial charge in [-0.15, -0.1) is 0 Å². The van der Waals surface area contributed by atoms with Crippen LogP contribution in [0.1, 0.15) is 21.5 Å². The van der Waals surface area contributed by atoms with Gasteiger partial charge in [0.2, 0.25) is 0 Å². The van der Waals surface area contributed by atoms with Crippen molar-refractivity contribution in [1.29, 1.82) is 0 Å². The molecule has 0 unspecified atom stereocenters. The fourth-order valence-corrected chi connectivity index (χ4v) is 2.94. The van der Waals surface area contributed by atoms with E-state index in [0.29, 0.717) is 0 Å². The van der Waals surface area contributed by atoms with Gasteiger partial charge in [-0.3, -0.25) is 25.0 Å². The molecule has 0 fully saturated rings. The molecule has 0 bridgehead atoms. The molecule has 0 N–H and O–H groups in total. The first kappa shape index (κ1) is 19.7. The van der Waals surface area contributed by atoms with Gasteiger partial charge < -0.3 is 4.90 Å². The van der Waals surface area contributed by atoms with E-state index in [1.165, 1.54) is 4.90 Å². The van der Waals surface area contributed by atoms with Gasteiger partial charge in [0.05, 0.1) is 15.9 Å². The summed E-state index contributed by atoms with van der Waals surface area (Å²) < 4.78 is 0. The molecule has 0 radical (unpaired) electrons. The molecular formula is C21H17N3O5. The van der Waals surface area contributed by atoms with E-state index >= 15 is 0 Å². The summed E-state index contributed by atoms with van der Waals surface area (Å²) in [5.74, 6) is -0.570. The molecule has 146 valence electrons. The van der Waals surface area contributed by atoms with E-state index in [2.05, 4.69) is 0 Å². The van der Waals surface area contributed by atoms with Crippen LogP contribution in [0, 0.1) is 20.2 Å². The third-order valence-corrected chi connectivity index (χ3v) is 4.34. The van der Waals surface area contributed by atoms with Gasteiger partial charge in [0.15, 0.2) is 0 Å². The smallest absolute Gasteiger partial charge is 0.289 e. The molecule has 8 nitrogen and oxygen atoms in total. The minimum absolute atomic E-state index is 0.188. The molecular weight excluding hydrogens is 374 g/mol. The van der Waals surface area contributed by atoms with Crippen LogP contribution in [0.15, 0.2) is 78.9 Å². The largest absolute Gasteiger partial charge is 0.330 e. The predicted octanol–water partition coefficient (Wildman–Crippen LogP) is 4.35. The topological polar surface area (TPSA) is 107 Å². The highest BCUT2D eigenvalue weighted by atomic mass is 16.6. The summed E-state index contributed by atoms with van der Waals surface area (Å²) in [6.45, 7) is 0.478. The molecule has 0 saturated heterocycles. The van der Waals surface area contributed by atoms with Crippen LogP contribution in [-0.2, 0) is 13.1 Å². The van der Waals surface area contributed by atoms with Crippen LogP contribution in [0.25, 0.3) is 0 Å². The average molecular weight is 391 g/mol. The Hall–Kier alpha value is -4.07. The lowest BCUT2D eigenvalue weighted by atomic mass is 10.1. The number of non-ortho nitro benzene ring substituents is 1. The first-order chi connectivity index (χ1) is 14.0. The summed E-state index contributed by atoms with van der Waals surface area (Å²) >= 11 is 0. The van der Waals surface area contributed by atoms with Gasteiger partial charge in [0.25, 0.3) is 17.3 Å². The number of nitro groups is 2. The molecule has 0 saturated carbocycles. The number of benzene rings is 3. The number of amides is 1. The van der Waals surface area contributed by atoms with Gasteiger partial charge in [-0.05, 0) is 17.2 Å². The van der Waals surface area contributed by atoms with Gasteiger partial charge in [-0.25, -0.2) is 0 Å². The Bertz CT molecular complexity index is 997. The third kappa shape index (κ3) is 4.81. The highest BCUT2D eigenvalue weighted by molar-refractivity contribution is 5.98. The Kier molecular flexibility index (Phi) is 5.94. The summed E-state index contributed by atoms with van der Waals surface area (Å²) in [5, 5.41) is 22.4. The van der Waals surface area contributed by atoms with Gasteiger partial charge in [-0.1, -0.05) is 60.7 Å². The fraction of sp³-hybridized carbons (Fsp3) is 0.0952. The SMILES string of the molecule is O=C(c1ccc([N+](=O)[O-])cc1[N+](=O)[O-])N(Cc1ccccc1)Cc1ccccc1. The summed E-state index contributed by atoms with van der Waals surface area (Å²) in [4.78, 5) is 35.6. The second kappa shape index (κ2) is 8.75. The van der Waals surface area contributed by atoms with Crippen molar-refractivity contribution in [3.8, 4) is 0 Å². The summed E-state index contributed by atoms with van der Waals surface area (Å²) in [5.41, 5.74) is 0.511. The van der Waals surface area contributed by atoms with Crippen LogP contribution in [0.2, 0.25) is 0 Å². The highest BCUT2D eigenvalue weighted by Crippen LogP contribution is 2.27. The van der Waals surface area contributed by atoms with Crippen molar-refractivity contribution in [2.24, 2.45) is 0 Å². The Balaban J connectivity index is 1.99. The van der Waals surface area contributed by atoms with Crippen LogP contribution in [0.3, 0.4) is 0 Å². The van der Waals surface area contributed by atoms with Crippen LogP contribution in [0.5, 0.6) is 0 Å². The van der Waals surface area contributed by atoms with Crippen molar-refractivity contribution in [1.82, 2.24) is 4.90 Å². The number of carbonyl (C=O) groups is 1. The molecule has 0 aliphatic carbocycles. The maximum Gasteiger partial charge on any atom is 0.289 e. The van der Waals surface area contributed by atoms with Crippen LogP contribution < -0.4 is 0 Å². The molecule has 0 heterocycles. The zero-order valence-electron chi connectivity index (χ0n) is 15.3. The molecule has 29 heavy (non-hydrogen) atoms. The fourth-order valence-electron chi connectivity index (χ4n) is 2.94. The molecule has 3 aromatic carbocycles. The summed E-state index contributed by atoms with van der Waals surface area (Å²) in [7, 11) is 0. The van der Waals surface area contributed by atoms with Crippen molar-refractivity contribution in [3.05, 3.63) is 116 Å². The Morgan fingerprint density at radius 2 is 1.28 bits per heavy atom. The first-order valence-corrected chi connectivity index (χ1v) is 8.75. The molecule has 0 aliphatic rings. The second-order valence-electron chi connectivity index (χ2n) is 6.35. The molecule has 0 aliphatic heterocycles. The molecule has 1 amide bonds. The van der Waals surface area contributed by atoms with E-state index in [-0.39, 0.29) is 18.7 Å². The monoisotopic (exact) mass is 391 g/mol. The molecule has 8 heteroatoms. The van der Waals surface area contributed by atoms with E-state index < -0.39 is 27.1 Å². The summed E-state index contributed by atoms with van der Waals surface area (Å²) in [6.07, 6.45) is 0. The number of carbonyl (C=O) groups excluding carboxylic acids is 1. The average Bonchev–Trinajstić information content (AvgIpc) is 2.73. The molecule has 0 atom stereocenters. The standard InChI is InChI=1S/C21H17N3O5/c25-21(19-12-11-18(23(26)27)13-20(19)24(28)29)22(14-16-7-3-1-4-8-16)15-17-9-5-2-6-10-17/h1-13H,14-15H2. The third-order valence-electron chi connectivity index (χ3n) is 4.34. The van der Waals surface area contributed by atoms with Gasteiger partial charge >= 0.3 is 0 Å². The second-order valence-corrected chi connectivity index (χ2v) is 6.35. The van der Waals surface area contributed by atoms with Gasteiger partial charge in [0, 0.05) is 19.2 Å². The quantitative estimate of drug-likeness (QED) is 0.440. The minimum Gasteiger partial charge on any atom is -0.330 e. The Morgan fingerprint density at radius 1 is 0.759 bits per heavy atom. The van der Waals surface area contributed by atoms with E-state index in [9.17, 15) is 25.0 Å². The van der Waals surface area contributed by atoms with Gasteiger partial charge in [0.1, 0.15) is 5.56 Å². The van der Waals surface area contributed by atoms with Crippen molar-refractivity contribution in [2.45, 2.75) is 13.1 Å². The van der Waals surface area contributed by atoms with E-state index in [1.54, 1.807) is 0 Å². The maximum atomic E-state index is 13.2. The van der Waals surface area contributed by atoms with E-state index in [0.717, 1.165) is 29.3 Å². The maximum absolute atomic E-state index is 13.2. The summed E-state index contributed by atoms with van der Waals surface area (Å²) in [6, 6.07) is 21.6. The molecule has 3 rings (SSSR count). The lowest BCUT2D eigenvalue weighted by Crippen LogP contribution is -2.30. The first-order valence-electron chi connectivity index (χ1n) is 8.75. The lowest BCUT2D eigenvalue weighted by Gasteiger charge is -2.23. The van der Waals surface area contributed by atoms with Crippen LogP contribution >= 0.6 is 0 Å². The van der Waals surface area contributed by atoms with E-state index in [1.807, 2.05) is 60.7 Å².